The Morgan fingerprint density at radius 1 is 1.05 bits per heavy atom. The van der Waals surface area contributed by atoms with Gasteiger partial charge in [-0.25, -0.2) is 4.39 Å². The molecule has 1 aliphatic rings. The number of carbonyl (C=O) groups excluding carboxylic acids is 2. The highest BCUT2D eigenvalue weighted by Gasteiger charge is 2.23. The molecule has 108 valence electrons. The van der Waals surface area contributed by atoms with Gasteiger partial charge in [0.1, 0.15) is 5.82 Å². The number of benzene rings is 2. The molecule has 22 heavy (non-hydrogen) atoms. The predicted molar refractivity (Wildman–Crippen MR) is 83.5 cm³/mol. The lowest BCUT2D eigenvalue weighted by Crippen LogP contribution is -2.05. The highest BCUT2D eigenvalue weighted by Crippen LogP contribution is 2.31. The summed E-state index contributed by atoms with van der Waals surface area (Å²) in [7, 11) is 0. The first kappa shape index (κ1) is 13.9. The number of ketones is 1. The lowest BCUT2D eigenvalue weighted by Gasteiger charge is -1.96. The Kier molecular flexibility index (Phi) is 3.66. The molecular formula is C18H12FNO2. The fourth-order valence-corrected chi connectivity index (χ4v) is 2.22. The Hall–Kier alpha value is -3.01. The third-order valence-electron chi connectivity index (χ3n) is 3.31. The molecule has 3 nitrogen and oxygen atoms in total. The van der Waals surface area contributed by atoms with Crippen LogP contribution in [0, 0.1) is 5.82 Å². The summed E-state index contributed by atoms with van der Waals surface area (Å²) in [6.45, 7) is 0. The van der Waals surface area contributed by atoms with Crippen LogP contribution in [0.15, 0.2) is 60.7 Å². The van der Waals surface area contributed by atoms with Crippen LogP contribution in [0.1, 0.15) is 11.1 Å². The van der Waals surface area contributed by atoms with E-state index in [1.54, 1.807) is 30.3 Å². The molecule has 1 heterocycles. The molecule has 0 spiro atoms. The average molecular weight is 293 g/mol. The normalized spacial score (nSPS) is 15.1. The van der Waals surface area contributed by atoms with E-state index in [0.717, 1.165) is 5.56 Å². The number of amides is 1. The zero-order chi connectivity index (χ0) is 15.5. The number of hydrogen-bond donors (Lipinski definition) is 1. The van der Waals surface area contributed by atoms with Crippen molar-refractivity contribution in [3.8, 4) is 0 Å². The molecule has 0 saturated carbocycles. The van der Waals surface area contributed by atoms with Crippen molar-refractivity contribution in [3.63, 3.8) is 0 Å². The van der Waals surface area contributed by atoms with E-state index in [1.807, 2.05) is 12.1 Å². The Morgan fingerprint density at radius 2 is 1.77 bits per heavy atom. The molecule has 0 bridgehead atoms. The second-order valence-electron chi connectivity index (χ2n) is 4.84. The molecule has 0 atom stereocenters. The Morgan fingerprint density at radius 3 is 2.55 bits per heavy atom. The fraction of sp³-hybridized carbons (Fsp3) is 0. The summed E-state index contributed by atoms with van der Waals surface area (Å²) in [6.07, 6.45) is 4.24. The standard InChI is InChI=1S/C18H12FNO2/c19-13-8-5-12(6-9-13)7-10-14(21)11-16-15-3-1-2-4-17(15)20-18(16)22/h1-11H,(H,20,22)/b10-7+,16-11-. The molecular weight excluding hydrogens is 281 g/mol. The van der Waals surface area contributed by atoms with E-state index in [9.17, 15) is 14.0 Å². The predicted octanol–water partition coefficient (Wildman–Crippen LogP) is 3.44. The van der Waals surface area contributed by atoms with Gasteiger partial charge in [0.05, 0.1) is 5.57 Å². The minimum absolute atomic E-state index is 0.287. The highest BCUT2D eigenvalue weighted by molar-refractivity contribution is 6.34. The quantitative estimate of drug-likeness (QED) is 0.881. The Balaban J connectivity index is 1.81. The van der Waals surface area contributed by atoms with Gasteiger partial charge in [0.25, 0.3) is 5.91 Å². The van der Waals surface area contributed by atoms with Crippen LogP contribution < -0.4 is 5.32 Å². The molecule has 0 unspecified atom stereocenters. The van der Waals surface area contributed by atoms with E-state index >= 15 is 0 Å². The lowest BCUT2D eigenvalue weighted by molar-refractivity contribution is -0.112. The number of fused-ring (bicyclic) bond motifs is 1. The van der Waals surface area contributed by atoms with Crippen molar-refractivity contribution in [1.82, 2.24) is 0 Å². The molecule has 1 aliphatic heterocycles. The molecule has 0 aliphatic carbocycles. The molecule has 0 radical (unpaired) electrons. The van der Waals surface area contributed by atoms with Crippen LogP contribution in [-0.2, 0) is 9.59 Å². The largest absolute Gasteiger partial charge is 0.321 e. The Bertz CT molecular complexity index is 804. The van der Waals surface area contributed by atoms with Crippen LogP contribution in [-0.4, -0.2) is 11.7 Å². The fourth-order valence-electron chi connectivity index (χ4n) is 2.22. The number of halogens is 1. The van der Waals surface area contributed by atoms with Crippen molar-refractivity contribution in [2.75, 3.05) is 5.32 Å². The van der Waals surface area contributed by atoms with Gasteiger partial charge in [-0.2, -0.15) is 0 Å². The third kappa shape index (κ3) is 2.86. The molecule has 0 fully saturated rings. The van der Waals surface area contributed by atoms with E-state index in [4.69, 9.17) is 0 Å². The van der Waals surface area contributed by atoms with Crippen LogP contribution in [0.2, 0.25) is 0 Å². The minimum Gasteiger partial charge on any atom is -0.321 e. The van der Waals surface area contributed by atoms with Crippen LogP contribution in [0.5, 0.6) is 0 Å². The van der Waals surface area contributed by atoms with Crippen LogP contribution in [0.4, 0.5) is 10.1 Å². The van der Waals surface area contributed by atoms with Gasteiger partial charge >= 0.3 is 0 Å². The molecule has 4 heteroatoms. The second-order valence-corrected chi connectivity index (χ2v) is 4.84. The number of anilines is 1. The first-order chi connectivity index (χ1) is 10.6. The van der Waals surface area contributed by atoms with Gasteiger partial charge in [-0.1, -0.05) is 36.4 Å². The van der Waals surface area contributed by atoms with E-state index in [1.165, 1.54) is 24.3 Å². The van der Waals surface area contributed by atoms with E-state index in [-0.39, 0.29) is 17.5 Å². The topological polar surface area (TPSA) is 46.2 Å². The summed E-state index contributed by atoms with van der Waals surface area (Å²) in [4.78, 5) is 23.9. The SMILES string of the molecule is O=C(/C=C1\C(=O)Nc2ccccc21)/C=C/c1ccc(F)cc1. The maximum absolute atomic E-state index is 12.8. The first-order valence-electron chi connectivity index (χ1n) is 6.73. The van der Waals surface area contributed by atoms with Crippen molar-refractivity contribution in [1.29, 1.82) is 0 Å². The van der Waals surface area contributed by atoms with Gasteiger partial charge in [0.2, 0.25) is 0 Å². The van der Waals surface area contributed by atoms with Crippen molar-refractivity contribution in [2.24, 2.45) is 0 Å². The van der Waals surface area contributed by atoms with Crippen molar-refractivity contribution >= 4 is 29.0 Å². The monoisotopic (exact) mass is 293 g/mol. The molecule has 1 amide bonds. The van der Waals surface area contributed by atoms with E-state index in [2.05, 4.69) is 5.32 Å². The number of hydrogen-bond acceptors (Lipinski definition) is 2. The maximum atomic E-state index is 12.8. The molecule has 1 N–H and O–H groups in total. The van der Waals surface area contributed by atoms with Gasteiger partial charge < -0.3 is 5.32 Å². The number of nitrogens with one attached hydrogen (secondary N) is 1. The lowest BCUT2D eigenvalue weighted by atomic mass is 10.1. The minimum atomic E-state index is -0.329. The van der Waals surface area contributed by atoms with Gasteiger partial charge in [-0.3, -0.25) is 9.59 Å². The van der Waals surface area contributed by atoms with Crippen molar-refractivity contribution in [3.05, 3.63) is 77.6 Å². The first-order valence-corrected chi connectivity index (χ1v) is 6.73. The molecule has 0 aromatic heterocycles. The van der Waals surface area contributed by atoms with Crippen LogP contribution in [0.25, 0.3) is 11.6 Å². The average Bonchev–Trinajstić information content (AvgIpc) is 2.83. The molecule has 0 saturated heterocycles. The zero-order valence-corrected chi connectivity index (χ0v) is 11.5. The summed E-state index contributed by atoms with van der Waals surface area (Å²) in [5.41, 5.74) is 2.49. The van der Waals surface area contributed by atoms with Crippen LogP contribution in [0.3, 0.4) is 0 Å². The number of rotatable bonds is 3. The highest BCUT2D eigenvalue weighted by atomic mass is 19.1. The third-order valence-corrected chi connectivity index (χ3v) is 3.31. The number of para-hydroxylation sites is 1. The second kappa shape index (κ2) is 5.77. The van der Waals surface area contributed by atoms with Crippen LogP contribution >= 0.6 is 0 Å². The molecule has 2 aromatic carbocycles. The molecule has 3 rings (SSSR count). The Labute approximate surface area is 126 Å². The summed E-state index contributed by atoms with van der Waals surface area (Å²) in [6, 6.07) is 13.0. The number of carbonyl (C=O) groups is 2. The van der Waals surface area contributed by atoms with Gasteiger partial charge in [0, 0.05) is 11.3 Å². The summed E-state index contributed by atoms with van der Waals surface area (Å²) in [5.74, 6) is -0.916. The van der Waals surface area contributed by atoms with E-state index in [0.29, 0.717) is 16.8 Å². The summed E-state index contributed by atoms with van der Waals surface area (Å²) < 4.78 is 12.8. The zero-order valence-electron chi connectivity index (χ0n) is 11.5. The van der Waals surface area contributed by atoms with Crippen molar-refractivity contribution in [2.45, 2.75) is 0 Å². The van der Waals surface area contributed by atoms with Gasteiger partial charge in [0.15, 0.2) is 5.78 Å². The smallest absolute Gasteiger partial charge is 0.256 e. The van der Waals surface area contributed by atoms with Gasteiger partial charge in [-0.15, -0.1) is 0 Å². The molecule has 2 aromatic rings. The summed E-state index contributed by atoms with van der Waals surface area (Å²) in [5, 5.41) is 2.71. The van der Waals surface area contributed by atoms with Crippen molar-refractivity contribution < 1.29 is 14.0 Å². The maximum Gasteiger partial charge on any atom is 0.256 e. The number of allylic oxidation sites excluding steroid dienone is 2. The van der Waals surface area contributed by atoms with Gasteiger partial charge in [-0.05, 0) is 35.9 Å². The van der Waals surface area contributed by atoms with E-state index < -0.39 is 0 Å². The summed E-state index contributed by atoms with van der Waals surface area (Å²) >= 11 is 0.